The Kier molecular flexibility index (Phi) is 5.42. The summed E-state index contributed by atoms with van der Waals surface area (Å²) >= 11 is 0. The highest BCUT2D eigenvalue weighted by Crippen LogP contribution is 2.08. The van der Waals surface area contributed by atoms with Crippen molar-refractivity contribution in [3.8, 4) is 0 Å². The smallest absolute Gasteiger partial charge is 0.251 e. The molecular weight excluding hydrogens is 218 g/mol. The van der Waals surface area contributed by atoms with E-state index >= 15 is 0 Å². The Bertz CT molecular complexity index is 380. The lowest BCUT2D eigenvalue weighted by atomic mass is 10.2. The van der Waals surface area contributed by atoms with Crippen molar-refractivity contribution < 1.29 is 9.53 Å². The van der Waals surface area contributed by atoms with Crippen LogP contribution in [0.4, 0.5) is 5.82 Å². The lowest BCUT2D eigenvalue weighted by molar-refractivity contribution is 0.0922. The number of aryl methyl sites for hydroxylation is 1. The molecule has 94 valence electrons. The number of nitrogens with zero attached hydrogens (tertiary/aromatic N) is 1. The second-order valence-corrected chi connectivity index (χ2v) is 3.58. The maximum Gasteiger partial charge on any atom is 0.251 e. The van der Waals surface area contributed by atoms with Crippen LogP contribution >= 0.6 is 0 Å². The molecular formula is C12H19N3O2. The fraction of sp³-hybridized carbons (Fsp3) is 0.500. The number of carbonyl (C=O) groups is 1. The average Bonchev–Trinajstić information content (AvgIpc) is 2.33. The van der Waals surface area contributed by atoms with Crippen molar-refractivity contribution in [2.24, 2.45) is 0 Å². The van der Waals surface area contributed by atoms with E-state index in [1.165, 1.54) is 0 Å². The third-order valence-corrected chi connectivity index (χ3v) is 2.26. The Morgan fingerprint density at radius 2 is 2.24 bits per heavy atom. The standard InChI is InChI=1S/C12H19N3O2/c1-3-10-7-9(8-11(13)15-10)12(16)14-5-6-17-4-2/h7-8H,3-6H2,1-2H3,(H2,13,15)(H,14,16). The van der Waals surface area contributed by atoms with Crippen LogP contribution in [0, 0.1) is 0 Å². The van der Waals surface area contributed by atoms with Crippen molar-refractivity contribution in [1.29, 1.82) is 0 Å². The molecule has 0 aromatic carbocycles. The van der Waals surface area contributed by atoms with E-state index in [9.17, 15) is 4.79 Å². The fourth-order valence-corrected chi connectivity index (χ4v) is 1.41. The number of nitrogen functional groups attached to an aromatic ring is 1. The highest BCUT2D eigenvalue weighted by molar-refractivity contribution is 5.94. The predicted octanol–water partition coefficient (Wildman–Crippen LogP) is 0.992. The zero-order valence-corrected chi connectivity index (χ0v) is 10.3. The molecule has 1 aromatic heterocycles. The van der Waals surface area contributed by atoms with E-state index in [0.29, 0.717) is 31.1 Å². The van der Waals surface area contributed by atoms with Gasteiger partial charge in [0.2, 0.25) is 0 Å². The largest absolute Gasteiger partial charge is 0.384 e. The maximum absolute atomic E-state index is 11.8. The molecule has 0 radical (unpaired) electrons. The molecule has 1 heterocycles. The summed E-state index contributed by atoms with van der Waals surface area (Å²) in [6.07, 6.45) is 0.754. The van der Waals surface area contributed by atoms with Gasteiger partial charge in [-0.25, -0.2) is 4.98 Å². The van der Waals surface area contributed by atoms with Gasteiger partial charge in [-0.1, -0.05) is 6.92 Å². The van der Waals surface area contributed by atoms with E-state index < -0.39 is 0 Å². The normalized spacial score (nSPS) is 10.2. The zero-order valence-electron chi connectivity index (χ0n) is 10.3. The monoisotopic (exact) mass is 237 g/mol. The second kappa shape index (κ2) is 6.85. The summed E-state index contributed by atoms with van der Waals surface area (Å²) in [7, 11) is 0. The molecule has 1 aromatic rings. The Balaban J connectivity index is 2.59. The number of ether oxygens (including phenoxy) is 1. The summed E-state index contributed by atoms with van der Waals surface area (Å²) < 4.78 is 5.14. The van der Waals surface area contributed by atoms with E-state index in [2.05, 4.69) is 10.3 Å². The number of anilines is 1. The fourth-order valence-electron chi connectivity index (χ4n) is 1.41. The Hall–Kier alpha value is -1.62. The van der Waals surface area contributed by atoms with Crippen LogP contribution < -0.4 is 11.1 Å². The summed E-state index contributed by atoms with van der Waals surface area (Å²) in [5, 5.41) is 2.77. The van der Waals surface area contributed by atoms with Gasteiger partial charge in [-0.3, -0.25) is 4.79 Å². The third-order valence-electron chi connectivity index (χ3n) is 2.26. The molecule has 0 aliphatic carbocycles. The molecule has 5 heteroatoms. The molecule has 0 saturated carbocycles. The van der Waals surface area contributed by atoms with Gasteiger partial charge >= 0.3 is 0 Å². The first kappa shape index (κ1) is 13.4. The molecule has 0 aliphatic rings. The summed E-state index contributed by atoms with van der Waals surface area (Å²) in [4.78, 5) is 15.9. The van der Waals surface area contributed by atoms with Crippen LogP contribution in [-0.2, 0) is 11.2 Å². The van der Waals surface area contributed by atoms with Crippen LogP contribution in [0.15, 0.2) is 12.1 Å². The summed E-state index contributed by atoms with van der Waals surface area (Å²) in [5.74, 6) is 0.229. The SMILES string of the molecule is CCOCCNC(=O)c1cc(N)nc(CC)c1. The zero-order chi connectivity index (χ0) is 12.7. The first-order valence-corrected chi connectivity index (χ1v) is 5.79. The van der Waals surface area contributed by atoms with Gasteiger partial charge in [0.05, 0.1) is 6.61 Å². The van der Waals surface area contributed by atoms with E-state index in [1.807, 2.05) is 13.8 Å². The predicted molar refractivity (Wildman–Crippen MR) is 66.9 cm³/mol. The number of aromatic nitrogens is 1. The number of nitrogens with one attached hydrogen (secondary N) is 1. The van der Waals surface area contributed by atoms with Crippen molar-refractivity contribution >= 4 is 11.7 Å². The number of nitrogens with two attached hydrogens (primary N) is 1. The van der Waals surface area contributed by atoms with Crippen molar-refractivity contribution in [2.75, 3.05) is 25.5 Å². The van der Waals surface area contributed by atoms with Crippen LogP contribution in [0.2, 0.25) is 0 Å². The number of hydrogen-bond donors (Lipinski definition) is 2. The minimum atomic E-state index is -0.145. The van der Waals surface area contributed by atoms with Crippen molar-refractivity contribution in [3.05, 3.63) is 23.4 Å². The molecule has 1 amide bonds. The van der Waals surface area contributed by atoms with Crippen LogP contribution in [0.3, 0.4) is 0 Å². The molecule has 1 rings (SSSR count). The van der Waals surface area contributed by atoms with E-state index in [4.69, 9.17) is 10.5 Å². The lowest BCUT2D eigenvalue weighted by Gasteiger charge is -2.07. The van der Waals surface area contributed by atoms with Gasteiger partial charge in [0.15, 0.2) is 0 Å². The Morgan fingerprint density at radius 1 is 1.47 bits per heavy atom. The molecule has 0 unspecified atom stereocenters. The Morgan fingerprint density at radius 3 is 2.88 bits per heavy atom. The van der Waals surface area contributed by atoms with Gasteiger partial charge in [0.25, 0.3) is 5.91 Å². The third kappa shape index (κ3) is 4.40. The first-order chi connectivity index (χ1) is 8.17. The highest BCUT2D eigenvalue weighted by Gasteiger charge is 2.07. The van der Waals surface area contributed by atoms with Gasteiger partial charge in [-0.2, -0.15) is 0 Å². The highest BCUT2D eigenvalue weighted by atomic mass is 16.5. The van der Waals surface area contributed by atoms with Crippen molar-refractivity contribution in [2.45, 2.75) is 20.3 Å². The molecule has 0 bridgehead atoms. The maximum atomic E-state index is 11.8. The van der Waals surface area contributed by atoms with Gasteiger partial charge in [-0.15, -0.1) is 0 Å². The number of amides is 1. The van der Waals surface area contributed by atoms with Crippen LogP contribution in [0.25, 0.3) is 0 Å². The molecule has 0 atom stereocenters. The molecule has 3 N–H and O–H groups in total. The van der Waals surface area contributed by atoms with Gasteiger partial charge in [-0.05, 0) is 25.5 Å². The van der Waals surface area contributed by atoms with Crippen LogP contribution in [-0.4, -0.2) is 30.6 Å². The van der Waals surface area contributed by atoms with Crippen molar-refractivity contribution in [3.63, 3.8) is 0 Å². The van der Waals surface area contributed by atoms with Gasteiger partial charge in [0.1, 0.15) is 5.82 Å². The minimum Gasteiger partial charge on any atom is -0.384 e. The molecule has 0 spiro atoms. The quantitative estimate of drug-likeness (QED) is 0.723. The van der Waals surface area contributed by atoms with Gasteiger partial charge in [0, 0.05) is 24.4 Å². The molecule has 0 fully saturated rings. The van der Waals surface area contributed by atoms with E-state index in [-0.39, 0.29) is 5.91 Å². The number of pyridine rings is 1. The van der Waals surface area contributed by atoms with Crippen LogP contribution in [0.1, 0.15) is 29.9 Å². The number of carbonyl (C=O) groups excluding carboxylic acids is 1. The molecule has 17 heavy (non-hydrogen) atoms. The summed E-state index contributed by atoms with van der Waals surface area (Å²) in [5.41, 5.74) is 7.00. The minimum absolute atomic E-state index is 0.145. The first-order valence-electron chi connectivity index (χ1n) is 5.79. The molecule has 0 saturated heterocycles. The lowest BCUT2D eigenvalue weighted by Crippen LogP contribution is -2.27. The number of hydrogen-bond acceptors (Lipinski definition) is 4. The Labute approximate surface area is 101 Å². The summed E-state index contributed by atoms with van der Waals surface area (Å²) in [6.45, 7) is 5.55. The topological polar surface area (TPSA) is 77.2 Å². The number of rotatable bonds is 6. The average molecular weight is 237 g/mol. The van der Waals surface area contributed by atoms with E-state index in [0.717, 1.165) is 12.1 Å². The van der Waals surface area contributed by atoms with Gasteiger partial charge < -0.3 is 15.8 Å². The summed E-state index contributed by atoms with van der Waals surface area (Å²) in [6, 6.07) is 3.33. The molecule has 0 aliphatic heterocycles. The van der Waals surface area contributed by atoms with E-state index in [1.54, 1.807) is 12.1 Å². The molecule has 5 nitrogen and oxygen atoms in total. The van der Waals surface area contributed by atoms with Crippen LogP contribution in [0.5, 0.6) is 0 Å². The van der Waals surface area contributed by atoms with Crippen molar-refractivity contribution in [1.82, 2.24) is 10.3 Å². The second-order valence-electron chi connectivity index (χ2n) is 3.58.